The summed E-state index contributed by atoms with van der Waals surface area (Å²) in [6, 6.07) is 0. The van der Waals surface area contributed by atoms with Crippen LogP contribution < -0.4 is 10.6 Å². The van der Waals surface area contributed by atoms with Gasteiger partial charge in [0.1, 0.15) is 6.61 Å². The average Bonchev–Trinajstić information content (AvgIpc) is 2.47. The van der Waals surface area contributed by atoms with Crippen LogP contribution >= 0.6 is 0 Å². The highest BCUT2D eigenvalue weighted by Gasteiger charge is 2.27. The topological polar surface area (TPSA) is 65.9 Å². The predicted molar refractivity (Wildman–Crippen MR) is 85.6 cm³/mol. The summed E-state index contributed by atoms with van der Waals surface area (Å²) < 4.78 is 40.3. The highest BCUT2D eigenvalue weighted by Crippen LogP contribution is 2.14. The Hall–Kier alpha value is -1.02. The summed E-state index contributed by atoms with van der Waals surface area (Å²) in [5.41, 5.74) is 0. The second-order valence-corrected chi connectivity index (χ2v) is 5.33. The van der Waals surface area contributed by atoms with Gasteiger partial charge in [-0.1, -0.05) is 13.3 Å². The lowest BCUT2D eigenvalue weighted by Gasteiger charge is -2.15. The zero-order valence-electron chi connectivity index (χ0n) is 14.1. The minimum atomic E-state index is -4.27. The summed E-state index contributed by atoms with van der Waals surface area (Å²) in [5.74, 6) is 0.984. The molecule has 1 unspecified atom stereocenters. The fourth-order valence-corrected chi connectivity index (χ4v) is 2.05. The van der Waals surface area contributed by atoms with Gasteiger partial charge in [-0.15, -0.1) is 0 Å². The van der Waals surface area contributed by atoms with E-state index in [1.807, 2.05) is 6.92 Å². The van der Waals surface area contributed by atoms with E-state index in [1.165, 1.54) is 0 Å². The van der Waals surface area contributed by atoms with Gasteiger partial charge in [-0.25, -0.2) is 0 Å². The maximum Gasteiger partial charge on any atom is 0.411 e. The fourth-order valence-electron chi connectivity index (χ4n) is 2.05. The molecule has 138 valence electrons. The Bertz CT molecular complexity index is 307. The molecule has 0 aliphatic carbocycles. The lowest BCUT2D eigenvalue weighted by atomic mass is 10.0. The van der Waals surface area contributed by atoms with Crippen molar-refractivity contribution >= 4 is 5.96 Å². The van der Waals surface area contributed by atoms with Gasteiger partial charge in [0.15, 0.2) is 5.96 Å². The fraction of sp³-hybridized carbons (Fsp3) is 0.933. The summed E-state index contributed by atoms with van der Waals surface area (Å²) in [5, 5.41) is 15.2. The first-order valence-corrected chi connectivity index (χ1v) is 8.20. The van der Waals surface area contributed by atoms with Crippen LogP contribution in [0.4, 0.5) is 13.2 Å². The number of rotatable bonds is 12. The Morgan fingerprint density at radius 3 is 2.52 bits per heavy atom. The zero-order valence-corrected chi connectivity index (χ0v) is 14.1. The number of ether oxygens (including phenoxy) is 1. The molecule has 0 saturated heterocycles. The van der Waals surface area contributed by atoms with Gasteiger partial charge in [-0.3, -0.25) is 4.99 Å². The molecule has 23 heavy (non-hydrogen) atoms. The summed E-state index contributed by atoms with van der Waals surface area (Å²) in [6.45, 7) is 4.85. The molecule has 0 rings (SSSR count). The van der Waals surface area contributed by atoms with Gasteiger partial charge in [0, 0.05) is 32.8 Å². The van der Waals surface area contributed by atoms with Crippen molar-refractivity contribution in [3.05, 3.63) is 0 Å². The number of hydrogen-bond acceptors (Lipinski definition) is 3. The molecule has 0 aromatic rings. The van der Waals surface area contributed by atoms with E-state index >= 15 is 0 Å². The van der Waals surface area contributed by atoms with Crippen molar-refractivity contribution in [3.63, 3.8) is 0 Å². The van der Waals surface area contributed by atoms with Gasteiger partial charge < -0.3 is 20.5 Å². The van der Waals surface area contributed by atoms with Crippen molar-refractivity contribution in [2.24, 2.45) is 10.9 Å². The van der Waals surface area contributed by atoms with E-state index in [1.54, 1.807) is 0 Å². The standard InChI is InChI=1S/C15H30F3N3O2/c1-3-6-13(7-9-22)11-21-14(19-4-2)20-8-5-10-23-12-15(16,17)18/h13,22H,3-12H2,1-2H3,(H2,19,20,21). The Morgan fingerprint density at radius 2 is 1.96 bits per heavy atom. The van der Waals surface area contributed by atoms with Crippen LogP contribution in [-0.4, -0.2) is 56.7 Å². The average molecular weight is 341 g/mol. The largest absolute Gasteiger partial charge is 0.411 e. The van der Waals surface area contributed by atoms with E-state index < -0.39 is 12.8 Å². The molecule has 0 saturated carbocycles. The van der Waals surface area contributed by atoms with E-state index in [2.05, 4.69) is 27.3 Å². The monoisotopic (exact) mass is 341 g/mol. The Morgan fingerprint density at radius 1 is 1.22 bits per heavy atom. The second-order valence-electron chi connectivity index (χ2n) is 5.33. The summed E-state index contributed by atoms with van der Waals surface area (Å²) in [7, 11) is 0. The van der Waals surface area contributed by atoms with Crippen LogP contribution in [0.25, 0.3) is 0 Å². The maximum atomic E-state index is 11.9. The predicted octanol–water partition coefficient (Wildman–Crippen LogP) is 2.31. The van der Waals surface area contributed by atoms with E-state index in [-0.39, 0.29) is 13.2 Å². The zero-order chi connectivity index (χ0) is 17.6. The molecule has 0 aliphatic rings. The number of nitrogens with zero attached hydrogens (tertiary/aromatic N) is 1. The number of alkyl halides is 3. The molecule has 3 N–H and O–H groups in total. The third-order valence-electron chi connectivity index (χ3n) is 3.11. The van der Waals surface area contributed by atoms with Crippen molar-refractivity contribution in [2.45, 2.75) is 45.7 Å². The van der Waals surface area contributed by atoms with Crippen LogP contribution in [0.3, 0.4) is 0 Å². The Kier molecular flexibility index (Phi) is 12.8. The van der Waals surface area contributed by atoms with Gasteiger partial charge >= 0.3 is 6.18 Å². The Balaban J connectivity index is 4.06. The normalized spacial score (nSPS) is 13.9. The lowest BCUT2D eigenvalue weighted by molar-refractivity contribution is -0.173. The van der Waals surface area contributed by atoms with E-state index in [4.69, 9.17) is 5.11 Å². The first-order valence-electron chi connectivity index (χ1n) is 8.20. The number of aliphatic hydroxyl groups is 1. The molecule has 0 heterocycles. The van der Waals surface area contributed by atoms with Crippen LogP contribution in [-0.2, 0) is 4.74 Å². The third-order valence-corrected chi connectivity index (χ3v) is 3.11. The van der Waals surface area contributed by atoms with Crippen LogP contribution in [0.5, 0.6) is 0 Å². The van der Waals surface area contributed by atoms with Gasteiger partial charge in [0.25, 0.3) is 0 Å². The summed E-state index contributed by atoms with van der Waals surface area (Å²) in [4.78, 5) is 4.47. The van der Waals surface area contributed by atoms with Gasteiger partial charge in [0.2, 0.25) is 0 Å². The van der Waals surface area contributed by atoms with Crippen LogP contribution in [0.1, 0.15) is 39.5 Å². The molecule has 0 radical (unpaired) electrons. The van der Waals surface area contributed by atoms with Crippen molar-refractivity contribution in [1.29, 1.82) is 0 Å². The second kappa shape index (κ2) is 13.4. The molecular weight excluding hydrogens is 311 g/mol. The number of aliphatic hydroxyl groups excluding tert-OH is 1. The highest BCUT2D eigenvalue weighted by atomic mass is 19.4. The lowest BCUT2D eigenvalue weighted by Crippen LogP contribution is -2.38. The summed E-state index contributed by atoms with van der Waals surface area (Å²) in [6.07, 6.45) is -1.03. The number of aliphatic imine (C=N–C) groups is 1. The molecule has 0 fully saturated rings. The molecule has 0 aromatic heterocycles. The Labute approximate surface area is 136 Å². The molecule has 8 heteroatoms. The number of halogens is 3. The minimum absolute atomic E-state index is 0.0505. The molecule has 0 amide bonds. The highest BCUT2D eigenvalue weighted by molar-refractivity contribution is 5.79. The van der Waals surface area contributed by atoms with E-state index in [0.29, 0.717) is 37.9 Å². The number of nitrogens with one attached hydrogen (secondary N) is 2. The number of hydrogen-bond donors (Lipinski definition) is 3. The molecular formula is C15H30F3N3O2. The van der Waals surface area contributed by atoms with Gasteiger partial charge in [-0.05, 0) is 32.1 Å². The van der Waals surface area contributed by atoms with Crippen LogP contribution in [0.15, 0.2) is 4.99 Å². The maximum absolute atomic E-state index is 11.9. The van der Waals surface area contributed by atoms with Crippen LogP contribution in [0.2, 0.25) is 0 Å². The quantitative estimate of drug-likeness (QED) is 0.290. The molecule has 5 nitrogen and oxygen atoms in total. The molecule has 0 aliphatic heterocycles. The summed E-state index contributed by atoms with van der Waals surface area (Å²) >= 11 is 0. The van der Waals surface area contributed by atoms with Crippen LogP contribution in [0, 0.1) is 5.92 Å². The van der Waals surface area contributed by atoms with Crippen molar-refractivity contribution in [1.82, 2.24) is 10.6 Å². The minimum Gasteiger partial charge on any atom is -0.396 e. The van der Waals surface area contributed by atoms with E-state index in [9.17, 15) is 13.2 Å². The van der Waals surface area contributed by atoms with E-state index in [0.717, 1.165) is 19.3 Å². The first-order chi connectivity index (χ1) is 10.9. The smallest absolute Gasteiger partial charge is 0.396 e. The first kappa shape index (κ1) is 22.0. The van der Waals surface area contributed by atoms with Crippen molar-refractivity contribution in [3.8, 4) is 0 Å². The molecule has 0 bridgehead atoms. The van der Waals surface area contributed by atoms with Crippen molar-refractivity contribution in [2.75, 3.05) is 39.5 Å². The molecule has 0 spiro atoms. The van der Waals surface area contributed by atoms with Gasteiger partial charge in [-0.2, -0.15) is 13.2 Å². The SMILES string of the molecule is CCCC(CCO)CN=C(NCC)NCCCOCC(F)(F)F. The molecule has 1 atom stereocenters. The van der Waals surface area contributed by atoms with Gasteiger partial charge in [0.05, 0.1) is 0 Å². The number of guanidine groups is 1. The third kappa shape index (κ3) is 14.3. The van der Waals surface area contributed by atoms with Crippen molar-refractivity contribution < 1.29 is 23.0 Å². The molecule has 0 aromatic carbocycles.